The zero-order valence-electron chi connectivity index (χ0n) is 16.6. The Morgan fingerprint density at radius 2 is 1.76 bits per heavy atom. The number of nitrogens with zero attached hydrogens (tertiary/aromatic N) is 2. The number of aromatic carboxylic acids is 1. The quantitative estimate of drug-likeness (QED) is 0.507. The molecule has 0 amide bonds. The monoisotopic (exact) mass is 406 g/mol. The number of hydrogen-bond donors (Lipinski definition) is 2. The molecule has 0 aliphatic carbocycles. The summed E-state index contributed by atoms with van der Waals surface area (Å²) in [4.78, 5) is 34.3. The molecule has 2 rings (SSSR count). The second-order valence-corrected chi connectivity index (χ2v) is 6.69. The standard InChI is InChI=1S/C20H26N2O7/c1-21(2)22-13-16(20(26)27)19(25)15-12-14(5-6-17(15)22)4-3-8-28-10-11-29-9-7-18(23)24/h5-6,12-13H,3-4,7-11H2,1-2H3,(H,23,24)(H,26,27). The van der Waals surface area contributed by atoms with Gasteiger partial charge in [-0.2, -0.15) is 0 Å². The van der Waals surface area contributed by atoms with E-state index in [4.69, 9.17) is 14.6 Å². The van der Waals surface area contributed by atoms with Crippen LogP contribution < -0.4 is 10.4 Å². The highest BCUT2D eigenvalue weighted by Gasteiger charge is 2.15. The van der Waals surface area contributed by atoms with Gasteiger partial charge in [0.2, 0.25) is 5.43 Å². The molecule has 1 heterocycles. The molecule has 0 atom stereocenters. The predicted octanol–water partition coefficient (Wildman–Crippen LogP) is 1.34. The molecule has 1 aromatic heterocycles. The van der Waals surface area contributed by atoms with Gasteiger partial charge in [-0.1, -0.05) is 6.07 Å². The fraction of sp³-hybridized carbons (Fsp3) is 0.450. The lowest BCUT2D eigenvalue weighted by atomic mass is 10.0. The third kappa shape index (κ3) is 6.30. The summed E-state index contributed by atoms with van der Waals surface area (Å²) in [6, 6.07) is 5.46. The van der Waals surface area contributed by atoms with E-state index < -0.39 is 17.4 Å². The number of fused-ring (bicyclic) bond motifs is 1. The SMILES string of the molecule is CN(C)n1cc(C(=O)O)c(=O)c2cc(CCCOCCOCCC(=O)O)ccc21. The van der Waals surface area contributed by atoms with Gasteiger partial charge in [0.05, 0.1) is 31.8 Å². The smallest absolute Gasteiger partial charge is 0.341 e. The van der Waals surface area contributed by atoms with Crippen LogP contribution in [-0.2, 0) is 20.7 Å². The molecule has 0 saturated heterocycles. The van der Waals surface area contributed by atoms with Gasteiger partial charge in [-0.05, 0) is 30.5 Å². The number of benzene rings is 1. The third-order valence-electron chi connectivity index (χ3n) is 4.30. The molecule has 1 aromatic carbocycles. The maximum atomic E-state index is 12.6. The zero-order valence-corrected chi connectivity index (χ0v) is 16.6. The lowest BCUT2D eigenvalue weighted by Gasteiger charge is -2.20. The Balaban J connectivity index is 1.95. The van der Waals surface area contributed by atoms with Gasteiger partial charge in [0.15, 0.2) is 0 Å². The molecule has 2 aromatic rings. The van der Waals surface area contributed by atoms with Crippen LogP contribution in [0.5, 0.6) is 0 Å². The van der Waals surface area contributed by atoms with Crippen LogP contribution >= 0.6 is 0 Å². The van der Waals surface area contributed by atoms with Gasteiger partial charge in [-0.25, -0.2) is 4.79 Å². The molecule has 0 saturated carbocycles. The summed E-state index contributed by atoms with van der Waals surface area (Å²) in [5.41, 5.74) is 0.795. The molecule has 0 aliphatic rings. The lowest BCUT2D eigenvalue weighted by Crippen LogP contribution is -2.29. The molecule has 158 valence electrons. The van der Waals surface area contributed by atoms with E-state index in [0.717, 1.165) is 12.0 Å². The van der Waals surface area contributed by atoms with Gasteiger partial charge >= 0.3 is 11.9 Å². The minimum atomic E-state index is -1.25. The molecule has 0 bridgehead atoms. The molecular weight excluding hydrogens is 380 g/mol. The maximum absolute atomic E-state index is 12.6. The summed E-state index contributed by atoms with van der Waals surface area (Å²) in [5.74, 6) is -2.15. The number of carbonyl (C=O) groups is 2. The second-order valence-electron chi connectivity index (χ2n) is 6.69. The fourth-order valence-electron chi connectivity index (χ4n) is 2.86. The molecule has 2 N–H and O–H groups in total. The zero-order chi connectivity index (χ0) is 21.4. The number of ether oxygens (including phenoxy) is 2. The van der Waals surface area contributed by atoms with Gasteiger partial charge in [-0.15, -0.1) is 0 Å². The van der Waals surface area contributed by atoms with Crippen molar-refractivity contribution in [3.05, 3.63) is 45.7 Å². The van der Waals surface area contributed by atoms with Gasteiger partial charge < -0.3 is 24.7 Å². The van der Waals surface area contributed by atoms with E-state index in [1.807, 2.05) is 12.1 Å². The first-order valence-corrected chi connectivity index (χ1v) is 9.27. The Morgan fingerprint density at radius 3 is 2.38 bits per heavy atom. The molecule has 0 unspecified atom stereocenters. The van der Waals surface area contributed by atoms with Crippen molar-refractivity contribution in [1.82, 2.24) is 4.68 Å². The van der Waals surface area contributed by atoms with Crippen LogP contribution in [0.25, 0.3) is 10.9 Å². The highest BCUT2D eigenvalue weighted by molar-refractivity contribution is 5.92. The van der Waals surface area contributed by atoms with E-state index in [0.29, 0.717) is 37.1 Å². The van der Waals surface area contributed by atoms with Gasteiger partial charge in [0.25, 0.3) is 0 Å². The van der Waals surface area contributed by atoms with Crippen molar-refractivity contribution in [3.63, 3.8) is 0 Å². The minimum Gasteiger partial charge on any atom is -0.481 e. The van der Waals surface area contributed by atoms with Gasteiger partial charge in [0, 0.05) is 32.3 Å². The molecule has 9 heteroatoms. The van der Waals surface area contributed by atoms with Crippen molar-refractivity contribution in [2.75, 3.05) is 45.5 Å². The van der Waals surface area contributed by atoms with Crippen molar-refractivity contribution in [3.8, 4) is 0 Å². The minimum absolute atomic E-state index is 0.0267. The van der Waals surface area contributed by atoms with E-state index in [-0.39, 0.29) is 18.6 Å². The second kappa shape index (κ2) is 10.6. The highest BCUT2D eigenvalue weighted by atomic mass is 16.5. The Morgan fingerprint density at radius 1 is 1.07 bits per heavy atom. The van der Waals surface area contributed by atoms with Crippen molar-refractivity contribution in [1.29, 1.82) is 0 Å². The summed E-state index contributed by atoms with van der Waals surface area (Å²) in [5, 5.41) is 19.9. The molecule has 29 heavy (non-hydrogen) atoms. The predicted molar refractivity (Wildman–Crippen MR) is 107 cm³/mol. The first-order chi connectivity index (χ1) is 13.8. The van der Waals surface area contributed by atoms with Crippen LogP contribution in [0.2, 0.25) is 0 Å². The number of aliphatic carboxylic acids is 1. The van der Waals surface area contributed by atoms with Crippen LogP contribution in [0.1, 0.15) is 28.8 Å². The maximum Gasteiger partial charge on any atom is 0.341 e. The van der Waals surface area contributed by atoms with Crippen LogP contribution in [0.4, 0.5) is 0 Å². The van der Waals surface area contributed by atoms with Crippen molar-refractivity contribution < 1.29 is 29.3 Å². The number of hydrogen-bond acceptors (Lipinski definition) is 6. The average molecular weight is 406 g/mol. The van der Waals surface area contributed by atoms with Crippen molar-refractivity contribution >= 4 is 22.8 Å². The first kappa shape index (κ1) is 22.4. The number of aromatic nitrogens is 1. The fourth-order valence-corrected chi connectivity index (χ4v) is 2.86. The topological polar surface area (TPSA) is 118 Å². The summed E-state index contributed by atoms with van der Waals surface area (Å²) in [6.45, 7) is 1.38. The number of carboxylic acids is 2. The van der Waals surface area contributed by atoms with Crippen LogP contribution in [0.15, 0.2) is 29.2 Å². The Hall–Kier alpha value is -2.91. The highest BCUT2D eigenvalue weighted by Crippen LogP contribution is 2.16. The Kier molecular flexibility index (Phi) is 8.17. The van der Waals surface area contributed by atoms with E-state index in [1.165, 1.54) is 6.20 Å². The number of pyridine rings is 1. The molecule has 0 aliphatic heterocycles. The third-order valence-corrected chi connectivity index (χ3v) is 4.30. The van der Waals surface area contributed by atoms with E-state index >= 15 is 0 Å². The van der Waals surface area contributed by atoms with Gasteiger partial charge in [0.1, 0.15) is 5.56 Å². The summed E-state index contributed by atoms with van der Waals surface area (Å²) in [7, 11) is 3.54. The Bertz CT molecular complexity index is 921. The van der Waals surface area contributed by atoms with Crippen LogP contribution in [-0.4, -0.2) is 67.4 Å². The Labute approximate surface area is 168 Å². The number of rotatable bonds is 12. The molecule has 9 nitrogen and oxygen atoms in total. The van der Waals surface area contributed by atoms with Crippen LogP contribution in [0.3, 0.4) is 0 Å². The summed E-state index contributed by atoms with van der Waals surface area (Å²) in [6.07, 6.45) is 2.70. The summed E-state index contributed by atoms with van der Waals surface area (Å²) < 4.78 is 12.2. The van der Waals surface area contributed by atoms with E-state index in [2.05, 4.69) is 0 Å². The molecule has 0 spiro atoms. The van der Waals surface area contributed by atoms with Crippen molar-refractivity contribution in [2.24, 2.45) is 0 Å². The normalized spacial score (nSPS) is 11.0. The van der Waals surface area contributed by atoms with Gasteiger partial charge in [-0.3, -0.25) is 14.3 Å². The molecular formula is C20H26N2O7. The van der Waals surface area contributed by atoms with Crippen LogP contribution in [0, 0.1) is 0 Å². The van der Waals surface area contributed by atoms with Crippen molar-refractivity contribution in [2.45, 2.75) is 19.3 Å². The largest absolute Gasteiger partial charge is 0.481 e. The van der Waals surface area contributed by atoms with E-state index in [1.54, 1.807) is 29.8 Å². The molecule has 0 radical (unpaired) electrons. The lowest BCUT2D eigenvalue weighted by molar-refractivity contribution is -0.138. The number of aryl methyl sites for hydroxylation is 1. The molecule has 0 fully saturated rings. The average Bonchev–Trinajstić information content (AvgIpc) is 2.66. The number of carboxylic acid groups (broad SMARTS) is 2. The first-order valence-electron chi connectivity index (χ1n) is 9.27. The van der Waals surface area contributed by atoms with E-state index in [9.17, 15) is 19.5 Å². The summed E-state index contributed by atoms with van der Waals surface area (Å²) >= 11 is 0.